The van der Waals surface area contributed by atoms with Crippen LogP contribution in [0, 0.1) is 6.92 Å². The molecule has 0 spiro atoms. The van der Waals surface area contributed by atoms with Crippen molar-refractivity contribution in [3.8, 4) is 11.5 Å². The Bertz CT molecular complexity index is 549. The summed E-state index contributed by atoms with van der Waals surface area (Å²) >= 11 is 0. The minimum Gasteiger partial charge on any atom is -0.457 e. The number of nitrogens with two attached hydrogens (primary N) is 1. The van der Waals surface area contributed by atoms with E-state index in [1.54, 1.807) is 0 Å². The standard InChI is InChI=1S/C17H21NO/c1-3-14-5-4-6-16(12-14)19-17-8-7-13(2)11-15(17)9-10-18/h4-8,11-12H,3,9-10,18H2,1-2H3. The van der Waals surface area contributed by atoms with E-state index in [2.05, 4.69) is 38.1 Å². The summed E-state index contributed by atoms with van der Waals surface area (Å²) in [6.07, 6.45) is 1.85. The predicted molar refractivity (Wildman–Crippen MR) is 79.8 cm³/mol. The fourth-order valence-electron chi connectivity index (χ4n) is 2.11. The topological polar surface area (TPSA) is 35.2 Å². The van der Waals surface area contributed by atoms with Crippen LogP contribution in [0.15, 0.2) is 42.5 Å². The van der Waals surface area contributed by atoms with E-state index < -0.39 is 0 Å². The van der Waals surface area contributed by atoms with E-state index in [1.165, 1.54) is 16.7 Å². The Balaban J connectivity index is 2.26. The van der Waals surface area contributed by atoms with E-state index in [9.17, 15) is 0 Å². The van der Waals surface area contributed by atoms with Crippen LogP contribution in [0.3, 0.4) is 0 Å². The third-order valence-corrected chi connectivity index (χ3v) is 3.16. The van der Waals surface area contributed by atoms with Crippen molar-refractivity contribution in [3.05, 3.63) is 59.2 Å². The third kappa shape index (κ3) is 3.58. The second-order valence-electron chi connectivity index (χ2n) is 4.75. The lowest BCUT2D eigenvalue weighted by atomic mass is 10.1. The number of hydrogen-bond donors (Lipinski definition) is 1. The van der Waals surface area contributed by atoms with Gasteiger partial charge in [-0.15, -0.1) is 0 Å². The zero-order valence-electron chi connectivity index (χ0n) is 11.6. The highest BCUT2D eigenvalue weighted by atomic mass is 16.5. The molecule has 2 rings (SSSR count). The molecule has 2 nitrogen and oxygen atoms in total. The first-order chi connectivity index (χ1) is 9.22. The smallest absolute Gasteiger partial charge is 0.130 e. The van der Waals surface area contributed by atoms with Gasteiger partial charge in [-0.3, -0.25) is 0 Å². The fraction of sp³-hybridized carbons (Fsp3) is 0.294. The van der Waals surface area contributed by atoms with Crippen LogP contribution in [0.4, 0.5) is 0 Å². The average Bonchev–Trinajstić information content (AvgIpc) is 2.42. The van der Waals surface area contributed by atoms with Crippen LogP contribution in [0.1, 0.15) is 23.6 Å². The Labute approximate surface area is 115 Å². The Morgan fingerprint density at radius 2 is 1.95 bits per heavy atom. The lowest BCUT2D eigenvalue weighted by Crippen LogP contribution is -2.04. The summed E-state index contributed by atoms with van der Waals surface area (Å²) in [4.78, 5) is 0. The van der Waals surface area contributed by atoms with Crippen LogP contribution < -0.4 is 10.5 Å². The van der Waals surface area contributed by atoms with E-state index in [4.69, 9.17) is 10.5 Å². The zero-order chi connectivity index (χ0) is 13.7. The molecule has 0 unspecified atom stereocenters. The summed E-state index contributed by atoms with van der Waals surface area (Å²) in [6, 6.07) is 14.5. The van der Waals surface area contributed by atoms with Gasteiger partial charge in [-0.2, -0.15) is 0 Å². The molecule has 0 aliphatic heterocycles. The minimum atomic E-state index is 0.634. The number of hydrogen-bond acceptors (Lipinski definition) is 2. The normalized spacial score (nSPS) is 10.5. The second-order valence-corrected chi connectivity index (χ2v) is 4.75. The summed E-state index contributed by atoms with van der Waals surface area (Å²) in [5.74, 6) is 1.80. The fourth-order valence-corrected chi connectivity index (χ4v) is 2.11. The highest BCUT2D eigenvalue weighted by Crippen LogP contribution is 2.27. The molecule has 0 aromatic heterocycles. The molecule has 2 N–H and O–H groups in total. The van der Waals surface area contributed by atoms with Gasteiger partial charge in [0.15, 0.2) is 0 Å². The summed E-state index contributed by atoms with van der Waals surface area (Å²) in [6.45, 7) is 4.86. The Kier molecular flexibility index (Phi) is 4.58. The minimum absolute atomic E-state index is 0.634. The maximum Gasteiger partial charge on any atom is 0.130 e. The Hall–Kier alpha value is -1.80. The van der Waals surface area contributed by atoms with Crippen LogP contribution in [-0.4, -0.2) is 6.54 Å². The molecule has 0 amide bonds. The second kappa shape index (κ2) is 6.39. The average molecular weight is 255 g/mol. The van der Waals surface area contributed by atoms with Crippen molar-refractivity contribution >= 4 is 0 Å². The van der Waals surface area contributed by atoms with Gasteiger partial charge in [-0.25, -0.2) is 0 Å². The van der Waals surface area contributed by atoms with Gasteiger partial charge in [0.25, 0.3) is 0 Å². The van der Waals surface area contributed by atoms with Gasteiger partial charge in [-0.05, 0) is 55.6 Å². The summed E-state index contributed by atoms with van der Waals surface area (Å²) in [7, 11) is 0. The maximum absolute atomic E-state index is 6.00. The van der Waals surface area contributed by atoms with Crippen molar-refractivity contribution in [1.29, 1.82) is 0 Å². The molecule has 19 heavy (non-hydrogen) atoms. The van der Waals surface area contributed by atoms with Crippen molar-refractivity contribution in [1.82, 2.24) is 0 Å². The summed E-state index contributed by atoms with van der Waals surface area (Å²) < 4.78 is 6.00. The molecule has 0 saturated carbocycles. The van der Waals surface area contributed by atoms with Crippen LogP contribution in [0.25, 0.3) is 0 Å². The maximum atomic E-state index is 6.00. The van der Waals surface area contributed by atoms with Crippen LogP contribution in [0.2, 0.25) is 0 Å². The molecular weight excluding hydrogens is 234 g/mol. The quantitative estimate of drug-likeness (QED) is 0.880. The molecule has 2 aromatic carbocycles. The summed E-state index contributed by atoms with van der Waals surface area (Å²) in [5, 5.41) is 0. The molecule has 0 radical (unpaired) electrons. The van der Waals surface area contributed by atoms with Crippen LogP contribution in [-0.2, 0) is 12.8 Å². The van der Waals surface area contributed by atoms with Crippen molar-refractivity contribution in [2.24, 2.45) is 5.73 Å². The van der Waals surface area contributed by atoms with Gasteiger partial charge < -0.3 is 10.5 Å². The van der Waals surface area contributed by atoms with Gasteiger partial charge in [0.05, 0.1) is 0 Å². The van der Waals surface area contributed by atoms with Crippen molar-refractivity contribution in [3.63, 3.8) is 0 Å². The molecule has 0 aliphatic rings. The molecule has 0 fully saturated rings. The molecular formula is C17H21NO. The van der Waals surface area contributed by atoms with Crippen molar-refractivity contribution in [2.45, 2.75) is 26.7 Å². The monoisotopic (exact) mass is 255 g/mol. The van der Waals surface area contributed by atoms with E-state index in [1.807, 2.05) is 18.2 Å². The zero-order valence-corrected chi connectivity index (χ0v) is 11.6. The number of benzene rings is 2. The van der Waals surface area contributed by atoms with Gasteiger partial charge in [0.1, 0.15) is 11.5 Å². The molecule has 0 saturated heterocycles. The highest BCUT2D eigenvalue weighted by molar-refractivity contribution is 5.41. The highest BCUT2D eigenvalue weighted by Gasteiger charge is 2.05. The lowest BCUT2D eigenvalue weighted by Gasteiger charge is -2.12. The van der Waals surface area contributed by atoms with E-state index >= 15 is 0 Å². The van der Waals surface area contributed by atoms with Crippen molar-refractivity contribution < 1.29 is 4.74 Å². The first kappa shape index (κ1) is 13.6. The largest absolute Gasteiger partial charge is 0.457 e. The van der Waals surface area contributed by atoms with Crippen molar-refractivity contribution in [2.75, 3.05) is 6.54 Å². The van der Waals surface area contributed by atoms with E-state index in [0.717, 1.165) is 24.3 Å². The Morgan fingerprint density at radius 1 is 1.11 bits per heavy atom. The first-order valence-electron chi connectivity index (χ1n) is 6.79. The number of aryl methyl sites for hydroxylation is 2. The molecule has 2 aromatic rings. The van der Waals surface area contributed by atoms with Crippen LogP contribution in [0.5, 0.6) is 11.5 Å². The molecule has 0 aliphatic carbocycles. The van der Waals surface area contributed by atoms with Gasteiger partial charge >= 0.3 is 0 Å². The lowest BCUT2D eigenvalue weighted by molar-refractivity contribution is 0.475. The Morgan fingerprint density at radius 3 is 2.68 bits per heavy atom. The predicted octanol–water partition coefficient (Wildman–Crippen LogP) is 3.85. The molecule has 0 atom stereocenters. The SMILES string of the molecule is CCc1cccc(Oc2ccc(C)cc2CCN)c1. The molecule has 2 heteroatoms. The van der Waals surface area contributed by atoms with Gasteiger partial charge in [0.2, 0.25) is 0 Å². The van der Waals surface area contributed by atoms with E-state index in [0.29, 0.717) is 6.54 Å². The van der Waals surface area contributed by atoms with Crippen LogP contribution >= 0.6 is 0 Å². The van der Waals surface area contributed by atoms with Gasteiger partial charge in [-0.1, -0.05) is 36.8 Å². The first-order valence-corrected chi connectivity index (χ1v) is 6.79. The number of rotatable bonds is 5. The molecule has 0 heterocycles. The summed E-state index contributed by atoms with van der Waals surface area (Å²) in [5.41, 5.74) is 9.35. The van der Waals surface area contributed by atoms with Gasteiger partial charge in [0, 0.05) is 0 Å². The molecule has 100 valence electrons. The molecule has 0 bridgehead atoms. The third-order valence-electron chi connectivity index (χ3n) is 3.16. The van der Waals surface area contributed by atoms with E-state index in [-0.39, 0.29) is 0 Å². The number of ether oxygens (including phenoxy) is 1.